The van der Waals surface area contributed by atoms with Gasteiger partial charge in [0, 0.05) is 0 Å². The van der Waals surface area contributed by atoms with Gasteiger partial charge in [-0.2, -0.15) is 5.26 Å². The first-order valence-corrected chi connectivity index (χ1v) is 8.96. The van der Waals surface area contributed by atoms with Crippen LogP contribution in [0.1, 0.15) is 25.7 Å². The Bertz CT molecular complexity index is 793. The molecule has 1 amide bonds. The number of hydrogen-bond acceptors (Lipinski definition) is 7. The molecule has 1 heterocycles. The predicted octanol–water partition coefficient (Wildman–Crippen LogP) is 2.79. The molecule has 25 heavy (non-hydrogen) atoms. The van der Waals surface area contributed by atoms with Gasteiger partial charge in [-0.3, -0.25) is 4.79 Å². The topological polar surface area (TPSA) is 101 Å². The van der Waals surface area contributed by atoms with Gasteiger partial charge in [0.15, 0.2) is 0 Å². The Hall–Kier alpha value is -2.53. The molecule has 3 rings (SSSR count). The highest BCUT2D eigenvalue weighted by Crippen LogP contribution is 2.31. The number of hydrogen-bond donors (Lipinski definition) is 1. The van der Waals surface area contributed by atoms with Gasteiger partial charge in [0.2, 0.25) is 5.91 Å². The second-order valence-corrected chi connectivity index (χ2v) is 6.74. The first kappa shape index (κ1) is 17.3. The van der Waals surface area contributed by atoms with E-state index in [0.29, 0.717) is 35.3 Å². The summed E-state index contributed by atoms with van der Waals surface area (Å²) in [5, 5.41) is 20.4. The molecule has 1 aliphatic rings. The summed E-state index contributed by atoms with van der Waals surface area (Å²) in [5.74, 6) is 0.893. The third kappa shape index (κ3) is 3.94. The Morgan fingerprint density at radius 2 is 2.16 bits per heavy atom. The maximum absolute atomic E-state index is 12.1. The van der Waals surface area contributed by atoms with Crippen molar-refractivity contribution < 1.29 is 13.9 Å². The fourth-order valence-electron chi connectivity index (χ4n) is 2.87. The number of methoxy groups -OCH3 is 1. The summed E-state index contributed by atoms with van der Waals surface area (Å²) in [7, 11) is 1.57. The van der Waals surface area contributed by atoms with E-state index < -0.39 is 5.54 Å². The third-order valence-electron chi connectivity index (χ3n) is 4.12. The molecular formula is C17H18N4O3S. The summed E-state index contributed by atoms with van der Waals surface area (Å²) >= 11 is 1.15. The minimum atomic E-state index is -0.713. The summed E-state index contributed by atoms with van der Waals surface area (Å²) in [6, 6.07) is 9.58. The molecule has 0 aliphatic heterocycles. The van der Waals surface area contributed by atoms with Crippen LogP contribution in [0.2, 0.25) is 0 Å². The van der Waals surface area contributed by atoms with Crippen molar-refractivity contribution in [1.29, 1.82) is 5.26 Å². The molecule has 0 atom stereocenters. The molecular weight excluding hydrogens is 340 g/mol. The Morgan fingerprint density at radius 1 is 1.40 bits per heavy atom. The lowest BCUT2D eigenvalue weighted by molar-refractivity contribution is -0.119. The number of para-hydroxylation sites is 1. The van der Waals surface area contributed by atoms with Crippen LogP contribution in [-0.4, -0.2) is 34.5 Å². The van der Waals surface area contributed by atoms with Crippen molar-refractivity contribution >= 4 is 17.7 Å². The average molecular weight is 358 g/mol. The summed E-state index contributed by atoms with van der Waals surface area (Å²) in [5.41, 5.74) is -0.0158. The molecule has 0 bridgehead atoms. The van der Waals surface area contributed by atoms with Crippen molar-refractivity contribution in [3.05, 3.63) is 24.3 Å². The number of amides is 1. The van der Waals surface area contributed by atoms with Crippen LogP contribution in [0.5, 0.6) is 5.75 Å². The van der Waals surface area contributed by atoms with Crippen LogP contribution in [-0.2, 0) is 4.79 Å². The molecule has 1 aromatic heterocycles. The van der Waals surface area contributed by atoms with Crippen LogP contribution in [0.3, 0.4) is 0 Å². The molecule has 7 nitrogen and oxygen atoms in total. The predicted molar refractivity (Wildman–Crippen MR) is 92.0 cm³/mol. The average Bonchev–Trinajstić information content (AvgIpc) is 3.30. The maximum atomic E-state index is 12.1. The van der Waals surface area contributed by atoms with E-state index in [4.69, 9.17) is 9.15 Å². The van der Waals surface area contributed by atoms with Crippen molar-refractivity contribution in [3.63, 3.8) is 0 Å². The normalized spacial score (nSPS) is 15.5. The zero-order chi connectivity index (χ0) is 17.7. The molecule has 130 valence electrons. The second kappa shape index (κ2) is 7.57. The highest BCUT2D eigenvalue weighted by atomic mass is 32.2. The van der Waals surface area contributed by atoms with Crippen LogP contribution in [0.4, 0.5) is 0 Å². The Kier molecular flexibility index (Phi) is 5.24. The molecule has 1 N–H and O–H groups in total. The summed E-state index contributed by atoms with van der Waals surface area (Å²) in [6.07, 6.45) is 3.34. The van der Waals surface area contributed by atoms with Crippen LogP contribution in [0.25, 0.3) is 11.5 Å². The minimum absolute atomic E-state index is 0.122. The van der Waals surface area contributed by atoms with Crippen molar-refractivity contribution in [2.75, 3.05) is 12.9 Å². The van der Waals surface area contributed by atoms with Gasteiger partial charge in [-0.15, -0.1) is 10.2 Å². The molecule has 1 fully saturated rings. The quantitative estimate of drug-likeness (QED) is 0.792. The highest BCUT2D eigenvalue weighted by Gasteiger charge is 2.35. The highest BCUT2D eigenvalue weighted by molar-refractivity contribution is 7.99. The van der Waals surface area contributed by atoms with Crippen molar-refractivity contribution in [2.45, 2.75) is 36.4 Å². The number of nitriles is 1. The standard InChI is InChI=1S/C17H18N4O3S/c1-23-13-7-3-2-6-12(13)15-20-21-16(24-15)25-10-14(22)19-17(11-18)8-4-5-9-17/h2-3,6-7H,4-5,8-10H2,1H3,(H,19,22). The smallest absolute Gasteiger partial charge is 0.277 e. The summed E-state index contributed by atoms with van der Waals surface area (Å²) in [4.78, 5) is 12.1. The Labute approximate surface area is 149 Å². The first-order chi connectivity index (χ1) is 12.2. The van der Waals surface area contributed by atoms with E-state index in [1.165, 1.54) is 0 Å². The van der Waals surface area contributed by atoms with Gasteiger partial charge in [0.05, 0.1) is 24.5 Å². The van der Waals surface area contributed by atoms with Gasteiger partial charge in [0.25, 0.3) is 11.1 Å². The van der Waals surface area contributed by atoms with Gasteiger partial charge in [-0.25, -0.2) is 0 Å². The van der Waals surface area contributed by atoms with Crippen LogP contribution >= 0.6 is 11.8 Å². The Balaban J connectivity index is 1.60. The molecule has 0 saturated heterocycles. The lowest BCUT2D eigenvalue weighted by Crippen LogP contribution is -2.45. The number of nitrogens with one attached hydrogen (secondary N) is 1. The molecule has 0 radical (unpaired) electrons. The van der Waals surface area contributed by atoms with Crippen molar-refractivity contribution in [2.24, 2.45) is 0 Å². The number of rotatable bonds is 6. The molecule has 1 aromatic carbocycles. The largest absolute Gasteiger partial charge is 0.496 e. The fraction of sp³-hybridized carbons (Fsp3) is 0.412. The number of ether oxygens (including phenoxy) is 1. The molecule has 2 aromatic rings. The van der Waals surface area contributed by atoms with Crippen molar-refractivity contribution in [1.82, 2.24) is 15.5 Å². The lowest BCUT2D eigenvalue weighted by atomic mass is 10.0. The SMILES string of the molecule is COc1ccccc1-c1nnc(SCC(=O)NC2(C#N)CCCC2)o1. The van der Waals surface area contributed by atoms with Crippen LogP contribution < -0.4 is 10.1 Å². The van der Waals surface area contributed by atoms with Gasteiger partial charge < -0.3 is 14.5 Å². The number of carbonyl (C=O) groups is 1. The fourth-order valence-corrected chi connectivity index (χ4v) is 3.43. The molecule has 8 heteroatoms. The van der Waals surface area contributed by atoms with E-state index in [0.717, 1.165) is 24.6 Å². The van der Waals surface area contributed by atoms with Gasteiger partial charge in [0.1, 0.15) is 11.3 Å². The monoisotopic (exact) mass is 358 g/mol. The number of benzene rings is 1. The third-order valence-corrected chi connectivity index (χ3v) is 4.94. The summed E-state index contributed by atoms with van der Waals surface area (Å²) in [6.45, 7) is 0. The second-order valence-electron chi connectivity index (χ2n) is 5.81. The number of carbonyl (C=O) groups excluding carboxylic acids is 1. The van der Waals surface area contributed by atoms with E-state index in [1.807, 2.05) is 24.3 Å². The zero-order valence-corrected chi connectivity index (χ0v) is 14.6. The van der Waals surface area contributed by atoms with E-state index in [2.05, 4.69) is 21.6 Å². The van der Waals surface area contributed by atoms with Gasteiger partial charge in [-0.05, 0) is 37.8 Å². The van der Waals surface area contributed by atoms with E-state index in [-0.39, 0.29) is 11.7 Å². The van der Waals surface area contributed by atoms with Crippen LogP contribution in [0.15, 0.2) is 33.9 Å². The lowest BCUT2D eigenvalue weighted by Gasteiger charge is -2.21. The molecule has 0 spiro atoms. The maximum Gasteiger partial charge on any atom is 0.277 e. The summed E-state index contributed by atoms with van der Waals surface area (Å²) < 4.78 is 10.9. The number of thioether (sulfide) groups is 1. The first-order valence-electron chi connectivity index (χ1n) is 7.98. The van der Waals surface area contributed by atoms with E-state index in [1.54, 1.807) is 7.11 Å². The van der Waals surface area contributed by atoms with E-state index in [9.17, 15) is 10.1 Å². The van der Waals surface area contributed by atoms with Gasteiger partial charge >= 0.3 is 0 Å². The zero-order valence-electron chi connectivity index (χ0n) is 13.8. The van der Waals surface area contributed by atoms with Gasteiger partial charge in [-0.1, -0.05) is 23.9 Å². The van der Waals surface area contributed by atoms with Crippen molar-refractivity contribution in [3.8, 4) is 23.3 Å². The molecule has 0 unspecified atom stereocenters. The van der Waals surface area contributed by atoms with E-state index >= 15 is 0 Å². The Morgan fingerprint density at radius 3 is 2.88 bits per heavy atom. The van der Waals surface area contributed by atoms with Crippen LogP contribution in [0, 0.1) is 11.3 Å². The number of nitrogens with zero attached hydrogens (tertiary/aromatic N) is 3. The molecule has 1 aliphatic carbocycles. The number of aromatic nitrogens is 2. The molecule has 1 saturated carbocycles. The minimum Gasteiger partial charge on any atom is -0.496 e.